The zero-order chi connectivity index (χ0) is 12.3. The van der Waals surface area contributed by atoms with Crippen LogP contribution in [0.3, 0.4) is 0 Å². The number of nitrogens with one attached hydrogen (secondary N) is 1. The summed E-state index contributed by atoms with van der Waals surface area (Å²) in [6.07, 6.45) is 4.53. The lowest BCUT2D eigenvalue weighted by Gasteiger charge is -2.07. The zero-order valence-electron chi connectivity index (χ0n) is 10.1. The Labute approximate surface area is 102 Å². The van der Waals surface area contributed by atoms with Crippen molar-refractivity contribution in [2.45, 2.75) is 13.0 Å². The van der Waals surface area contributed by atoms with Gasteiger partial charge in [-0.05, 0) is 12.5 Å². The van der Waals surface area contributed by atoms with E-state index in [1.165, 1.54) is 0 Å². The van der Waals surface area contributed by atoms with Crippen molar-refractivity contribution in [3.05, 3.63) is 47.4 Å². The Kier molecular flexibility index (Phi) is 7.02. The molecule has 1 N–H and O–H groups in total. The van der Waals surface area contributed by atoms with E-state index in [1.54, 1.807) is 22.9 Å². The fraction of sp³-hybridized carbons (Fsp3) is 0.462. The van der Waals surface area contributed by atoms with Crippen LogP contribution in [0.4, 0.5) is 0 Å². The highest BCUT2D eigenvalue weighted by molar-refractivity contribution is 4.93. The molecule has 1 aromatic rings. The summed E-state index contributed by atoms with van der Waals surface area (Å²) < 4.78 is 7.03. The second-order valence-electron chi connectivity index (χ2n) is 3.67. The highest BCUT2D eigenvalue weighted by Crippen LogP contribution is 1.83. The van der Waals surface area contributed by atoms with Crippen LogP contribution >= 0.6 is 0 Å². The van der Waals surface area contributed by atoms with Gasteiger partial charge in [0.1, 0.15) is 0 Å². The van der Waals surface area contributed by atoms with Gasteiger partial charge in [-0.3, -0.25) is 4.79 Å². The summed E-state index contributed by atoms with van der Waals surface area (Å²) in [5, 5.41) is 3.23. The van der Waals surface area contributed by atoms with E-state index in [0.717, 1.165) is 26.1 Å². The highest BCUT2D eigenvalue weighted by Gasteiger charge is 1.93. The van der Waals surface area contributed by atoms with Crippen LogP contribution in [0.25, 0.3) is 0 Å². The third-order valence-corrected chi connectivity index (χ3v) is 2.32. The van der Waals surface area contributed by atoms with Gasteiger partial charge in [-0.15, -0.1) is 6.58 Å². The van der Waals surface area contributed by atoms with Gasteiger partial charge in [0.2, 0.25) is 0 Å². The van der Waals surface area contributed by atoms with Crippen LogP contribution in [-0.4, -0.2) is 30.9 Å². The minimum Gasteiger partial charge on any atom is -0.380 e. The molecule has 0 aliphatic carbocycles. The molecule has 94 valence electrons. The van der Waals surface area contributed by atoms with Crippen molar-refractivity contribution in [2.75, 3.05) is 26.3 Å². The topological polar surface area (TPSA) is 43.3 Å². The third-order valence-electron chi connectivity index (χ3n) is 2.32. The minimum absolute atomic E-state index is 0.0385. The molecule has 0 saturated carbocycles. The number of hydrogen-bond acceptors (Lipinski definition) is 3. The van der Waals surface area contributed by atoms with Crippen molar-refractivity contribution in [3.8, 4) is 0 Å². The fourth-order valence-electron chi connectivity index (χ4n) is 1.38. The first kappa shape index (κ1) is 13.7. The first-order valence-electron chi connectivity index (χ1n) is 5.89. The molecule has 0 fully saturated rings. The standard InChI is InChI=1S/C13H20N2O2/c1-2-3-11-17-12-8-14-7-10-15-9-5-4-6-13(15)16/h2,4-6,9,14H,1,3,7-8,10-12H2. The molecule has 0 unspecified atom stereocenters. The Morgan fingerprint density at radius 1 is 1.35 bits per heavy atom. The van der Waals surface area contributed by atoms with Gasteiger partial charge in [-0.1, -0.05) is 12.1 Å². The number of pyridine rings is 1. The summed E-state index contributed by atoms with van der Waals surface area (Å²) >= 11 is 0. The van der Waals surface area contributed by atoms with Crippen molar-refractivity contribution in [1.29, 1.82) is 0 Å². The van der Waals surface area contributed by atoms with E-state index in [2.05, 4.69) is 11.9 Å². The zero-order valence-corrected chi connectivity index (χ0v) is 10.1. The second kappa shape index (κ2) is 8.73. The fourth-order valence-corrected chi connectivity index (χ4v) is 1.38. The lowest BCUT2D eigenvalue weighted by molar-refractivity contribution is 0.140. The Morgan fingerprint density at radius 2 is 2.24 bits per heavy atom. The molecule has 0 aromatic carbocycles. The molecule has 4 heteroatoms. The van der Waals surface area contributed by atoms with Gasteiger partial charge in [-0.2, -0.15) is 0 Å². The van der Waals surface area contributed by atoms with E-state index in [0.29, 0.717) is 13.2 Å². The van der Waals surface area contributed by atoms with E-state index < -0.39 is 0 Å². The van der Waals surface area contributed by atoms with Gasteiger partial charge in [-0.25, -0.2) is 0 Å². The summed E-state index contributed by atoms with van der Waals surface area (Å²) in [6.45, 7) is 7.30. The highest BCUT2D eigenvalue weighted by atomic mass is 16.5. The van der Waals surface area contributed by atoms with Gasteiger partial charge in [0.25, 0.3) is 5.56 Å². The van der Waals surface area contributed by atoms with Crippen LogP contribution in [0.2, 0.25) is 0 Å². The summed E-state index contributed by atoms with van der Waals surface area (Å²) in [5.74, 6) is 0. The van der Waals surface area contributed by atoms with Crippen LogP contribution in [-0.2, 0) is 11.3 Å². The van der Waals surface area contributed by atoms with Gasteiger partial charge >= 0.3 is 0 Å². The largest absolute Gasteiger partial charge is 0.380 e. The van der Waals surface area contributed by atoms with E-state index >= 15 is 0 Å². The number of rotatable bonds is 9. The molecule has 0 amide bonds. The molecule has 1 aromatic heterocycles. The minimum atomic E-state index is 0.0385. The van der Waals surface area contributed by atoms with Crippen LogP contribution in [0.15, 0.2) is 41.8 Å². The molecule has 0 aliphatic heterocycles. The summed E-state index contributed by atoms with van der Waals surface area (Å²) in [5.41, 5.74) is 0.0385. The molecule has 0 spiro atoms. The summed E-state index contributed by atoms with van der Waals surface area (Å²) in [6, 6.07) is 5.18. The second-order valence-corrected chi connectivity index (χ2v) is 3.67. The maximum atomic E-state index is 11.4. The van der Waals surface area contributed by atoms with Crippen molar-refractivity contribution in [3.63, 3.8) is 0 Å². The third kappa shape index (κ3) is 6.04. The van der Waals surface area contributed by atoms with Crippen LogP contribution in [0, 0.1) is 0 Å². The Balaban J connectivity index is 2.03. The normalized spacial score (nSPS) is 10.4. The molecular formula is C13H20N2O2. The van der Waals surface area contributed by atoms with Crippen molar-refractivity contribution < 1.29 is 4.74 Å². The number of hydrogen-bond donors (Lipinski definition) is 1. The van der Waals surface area contributed by atoms with Gasteiger partial charge < -0.3 is 14.6 Å². The van der Waals surface area contributed by atoms with E-state index in [4.69, 9.17) is 4.74 Å². The van der Waals surface area contributed by atoms with E-state index in [1.807, 2.05) is 12.1 Å². The maximum absolute atomic E-state index is 11.4. The Bertz CT molecular complexity index is 374. The average molecular weight is 236 g/mol. The maximum Gasteiger partial charge on any atom is 0.250 e. The molecule has 0 bridgehead atoms. The number of aromatic nitrogens is 1. The Hall–Kier alpha value is -1.39. The predicted octanol–water partition coefficient (Wildman–Crippen LogP) is 1.03. The molecule has 17 heavy (non-hydrogen) atoms. The van der Waals surface area contributed by atoms with Gasteiger partial charge in [0.05, 0.1) is 13.2 Å². The number of nitrogens with zero attached hydrogens (tertiary/aromatic N) is 1. The van der Waals surface area contributed by atoms with E-state index in [-0.39, 0.29) is 5.56 Å². The van der Waals surface area contributed by atoms with Crippen LogP contribution < -0.4 is 10.9 Å². The number of ether oxygens (including phenoxy) is 1. The smallest absolute Gasteiger partial charge is 0.250 e. The predicted molar refractivity (Wildman–Crippen MR) is 69.2 cm³/mol. The molecule has 0 radical (unpaired) electrons. The molecule has 0 saturated heterocycles. The average Bonchev–Trinajstić information content (AvgIpc) is 2.35. The van der Waals surface area contributed by atoms with Crippen LogP contribution in [0.5, 0.6) is 0 Å². The van der Waals surface area contributed by atoms with Crippen LogP contribution in [0.1, 0.15) is 6.42 Å². The summed E-state index contributed by atoms with van der Waals surface area (Å²) in [4.78, 5) is 11.4. The van der Waals surface area contributed by atoms with Gasteiger partial charge in [0, 0.05) is 31.9 Å². The van der Waals surface area contributed by atoms with Crippen molar-refractivity contribution in [1.82, 2.24) is 9.88 Å². The SMILES string of the molecule is C=CCCOCCNCCn1ccccc1=O. The first-order valence-corrected chi connectivity index (χ1v) is 5.89. The van der Waals surface area contributed by atoms with Crippen molar-refractivity contribution in [2.24, 2.45) is 0 Å². The molecular weight excluding hydrogens is 216 g/mol. The molecule has 1 heterocycles. The molecule has 0 atom stereocenters. The Morgan fingerprint density at radius 3 is 3.00 bits per heavy atom. The lowest BCUT2D eigenvalue weighted by Crippen LogP contribution is -2.28. The quantitative estimate of drug-likeness (QED) is 0.514. The lowest BCUT2D eigenvalue weighted by atomic mass is 10.4. The monoisotopic (exact) mass is 236 g/mol. The van der Waals surface area contributed by atoms with E-state index in [9.17, 15) is 4.79 Å². The molecule has 4 nitrogen and oxygen atoms in total. The molecule has 1 rings (SSSR count). The van der Waals surface area contributed by atoms with Gasteiger partial charge in [0.15, 0.2) is 0 Å². The molecule has 0 aliphatic rings. The van der Waals surface area contributed by atoms with Crippen molar-refractivity contribution >= 4 is 0 Å². The summed E-state index contributed by atoms with van der Waals surface area (Å²) in [7, 11) is 0. The first-order chi connectivity index (χ1) is 8.34.